The molecular weight excluding hydrogens is 210 g/mol. The van der Waals surface area contributed by atoms with E-state index in [1.807, 2.05) is 19.2 Å². The number of aryl methyl sites for hydroxylation is 1. The van der Waals surface area contributed by atoms with E-state index in [1.54, 1.807) is 6.20 Å². The molecule has 3 nitrogen and oxygen atoms in total. The number of nitrogens with two attached hydrogens (primary N) is 1. The van der Waals surface area contributed by atoms with E-state index in [-0.39, 0.29) is 0 Å². The summed E-state index contributed by atoms with van der Waals surface area (Å²) in [7, 11) is 2.04. The number of rotatable bonds is 5. The zero-order valence-corrected chi connectivity index (χ0v) is 11.5. The number of aromatic nitrogens is 1. The molecule has 0 amide bonds. The Bertz CT molecular complexity index is 342. The maximum absolute atomic E-state index is 5.66. The third kappa shape index (κ3) is 4.73. The van der Waals surface area contributed by atoms with Gasteiger partial charge in [-0.1, -0.05) is 20.8 Å². The molecule has 1 aromatic rings. The summed E-state index contributed by atoms with van der Waals surface area (Å²) in [6, 6.07) is 4.56. The van der Waals surface area contributed by atoms with Gasteiger partial charge in [-0.2, -0.15) is 0 Å². The van der Waals surface area contributed by atoms with Crippen molar-refractivity contribution in [3.8, 4) is 0 Å². The zero-order chi connectivity index (χ0) is 12.9. The van der Waals surface area contributed by atoms with Crippen molar-refractivity contribution >= 4 is 5.82 Å². The monoisotopic (exact) mass is 235 g/mol. The van der Waals surface area contributed by atoms with Crippen LogP contribution in [-0.4, -0.2) is 18.1 Å². The molecule has 3 N–H and O–H groups in total. The quantitative estimate of drug-likeness (QED) is 0.825. The maximum atomic E-state index is 5.66. The molecule has 1 rings (SSSR count). The van der Waals surface area contributed by atoms with Crippen LogP contribution in [0.1, 0.15) is 39.2 Å². The molecule has 17 heavy (non-hydrogen) atoms. The number of hydrogen-bond acceptors (Lipinski definition) is 3. The molecule has 0 saturated heterocycles. The smallest absolute Gasteiger partial charge is 0.123 e. The number of hydrogen-bond donors (Lipinski definition) is 2. The first kappa shape index (κ1) is 14.0. The fourth-order valence-electron chi connectivity index (χ4n) is 2.17. The van der Waals surface area contributed by atoms with Crippen molar-refractivity contribution in [2.75, 3.05) is 12.8 Å². The SMILES string of the molecule is CNC(CCCc1ccnc(N)c1)C(C)(C)C. The number of nitrogen functional groups attached to an aromatic ring is 1. The average Bonchev–Trinajstić information content (AvgIpc) is 2.22. The molecule has 1 heterocycles. The Morgan fingerprint density at radius 2 is 2.12 bits per heavy atom. The van der Waals surface area contributed by atoms with Crippen LogP contribution in [-0.2, 0) is 6.42 Å². The lowest BCUT2D eigenvalue weighted by Gasteiger charge is -2.30. The van der Waals surface area contributed by atoms with Crippen molar-refractivity contribution in [3.63, 3.8) is 0 Å². The average molecular weight is 235 g/mol. The van der Waals surface area contributed by atoms with Gasteiger partial charge in [0, 0.05) is 12.2 Å². The molecule has 1 unspecified atom stereocenters. The standard InChI is InChI=1S/C14H25N3/c1-14(2,3)12(16-4)7-5-6-11-8-9-17-13(15)10-11/h8-10,12,16H,5-7H2,1-4H3,(H2,15,17). The number of nitrogens with zero attached hydrogens (tertiary/aromatic N) is 1. The Balaban J connectivity index is 2.42. The first-order chi connectivity index (χ1) is 7.93. The first-order valence-corrected chi connectivity index (χ1v) is 6.31. The normalized spacial score (nSPS) is 13.6. The largest absolute Gasteiger partial charge is 0.384 e. The van der Waals surface area contributed by atoms with Crippen molar-refractivity contribution < 1.29 is 0 Å². The van der Waals surface area contributed by atoms with Crippen LogP contribution in [0, 0.1) is 5.41 Å². The highest BCUT2D eigenvalue weighted by Crippen LogP contribution is 2.23. The lowest BCUT2D eigenvalue weighted by atomic mass is 9.83. The van der Waals surface area contributed by atoms with Crippen LogP contribution in [0.4, 0.5) is 5.82 Å². The van der Waals surface area contributed by atoms with Crippen LogP contribution in [0.2, 0.25) is 0 Å². The van der Waals surface area contributed by atoms with Gasteiger partial charge in [0.05, 0.1) is 0 Å². The maximum Gasteiger partial charge on any atom is 0.123 e. The van der Waals surface area contributed by atoms with E-state index < -0.39 is 0 Å². The second kappa shape index (κ2) is 6.01. The summed E-state index contributed by atoms with van der Waals surface area (Å²) in [5.41, 5.74) is 7.25. The van der Waals surface area contributed by atoms with Crippen LogP contribution in [0.25, 0.3) is 0 Å². The highest BCUT2D eigenvalue weighted by molar-refractivity contribution is 5.31. The van der Waals surface area contributed by atoms with Crippen molar-refractivity contribution in [1.29, 1.82) is 0 Å². The summed E-state index contributed by atoms with van der Waals surface area (Å²) in [5.74, 6) is 0.614. The lowest BCUT2D eigenvalue weighted by Crippen LogP contribution is -2.37. The topological polar surface area (TPSA) is 50.9 Å². The van der Waals surface area contributed by atoms with Gasteiger partial charge < -0.3 is 11.1 Å². The van der Waals surface area contributed by atoms with E-state index in [4.69, 9.17) is 5.73 Å². The minimum absolute atomic E-state index is 0.312. The van der Waals surface area contributed by atoms with E-state index in [9.17, 15) is 0 Å². The minimum Gasteiger partial charge on any atom is -0.384 e. The van der Waals surface area contributed by atoms with Crippen LogP contribution in [0.3, 0.4) is 0 Å². The van der Waals surface area contributed by atoms with Crippen LogP contribution in [0.5, 0.6) is 0 Å². The molecule has 0 spiro atoms. The van der Waals surface area contributed by atoms with Gasteiger partial charge in [0.1, 0.15) is 5.82 Å². The molecule has 0 fully saturated rings. The molecule has 0 saturated carbocycles. The Morgan fingerprint density at radius 3 is 2.65 bits per heavy atom. The summed E-state index contributed by atoms with van der Waals surface area (Å²) in [6.45, 7) is 6.83. The third-order valence-electron chi connectivity index (χ3n) is 3.20. The van der Waals surface area contributed by atoms with Crippen LogP contribution < -0.4 is 11.1 Å². The van der Waals surface area contributed by atoms with E-state index in [2.05, 4.69) is 31.1 Å². The van der Waals surface area contributed by atoms with Gasteiger partial charge in [0.15, 0.2) is 0 Å². The van der Waals surface area contributed by atoms with Gasteiger partial charge in [-0.05, 0) is 49.4 Å². The zero-order valence-electron chi connectivity index (χ0n) is 11.5. The fourth-order valence-corrected chi connectivity index (χ4v) is 2.17. The molecular formula is C14H25N3. The predicted octanol–water partition coefficient (Wildman–Crippen LogP) is 2.62. The van der Waals surface area contributed by atoms with Gasteiger partial charge in [-0.25, -0.2) is 4.98 Å². The van der Waals surface area contributed by atoms with E-state index in [1.165, 1.54) is 18.4 Å². The number of nitrogens with one attached hydrogen (secondary N) is 1. The Labute approximate surface area is 105 Å². The molecule has 0 aliphatic carbocycles. The van der Waals surface area contributed by atoms with Crippen molar-refractivity contribution in [3.05, 3.63) is 23.9 Å². The molecule has 0 aliphatic rings. The molecule has 96 valence electrons. The molecule has 0 bridgehead atoms. The summed E-state index contributed by atoms with van der Waals surface area (Å²) < 4.78 is 0. The van der Waals surface area contributed by atoms with E-state index >= 15 is 0 Å². The van der Waals surface area contributed by atoms with Crippen LogP contribution >= 0.6 is 0 Å². The molecule has 0 aliphatic heterocycles. The first-order valence-electron chi connectivity index (χ1n) is 6.31. The molecule has 1 aromatic heterocycles. The summed E-state index contributed by atoms with van der Waals surface area (Å²) in [6.07, 6.45) is 5.21. The Morgan fingerprint density at radius 1 is 1.41 bits per heavy atom. The molecule has 0 aromatic carbocycles. The number of pyridine rings is 1. The Kier molecular flexibility index (Phi) is 4.94. The summed E-state index contributed by atoms with van der Waals surface area (Å²) in [4.78, 5) is 4.00. The van der Waals surface area contributed by atoms with E-state index in [0.29, 0.717) is 17.3 Å². The molecule has 0 radical (unpaired) electrons. The molecule has 1 atom stereocenters. The van der Waals surface area contributed by atoms with Gasteiger partial charge in [0.25, 0.3) is 0 Å². The van der Waals surface area contributed by atoms with Gasteiger partial charge in [-0.3, -0.25) is 0 Å². The van der Waals surface area contributed by atoms with Gasteiger partial charge >= 0.3 is 0 Å². The van der Waals surface area contributed by atoms with Crippen LogP contribution in [0.15, 0.2) is 18.3 Å². The van der Waals surface area contributed by atoms with Crippen molar-refractivity contribution in [2.24, 2.45) is 5.41 Å². The second-order valence-electron chi connectivity index (χ2n) is 5.69. The predicted molar refractivity (Wildman–Crippen MR) is 73.9 cm³/mol. The number of anilines is 1. The summed E-state index contributed by atoms with van der Waals surface area (Å²) in [5, 5.41) is 3.40. The van der Waals surface area contributed by atoms with Gasteiger partial charge in [0.2, 0.25) is 0 Å². The molecule has 3 heteroatoms. The Hall–Kier alpha value is -1.09. The second-order valence-corrected chi connectivity index (χ2v) is 5.69. The lowest BCUT2D eigenvalue weighted by molar-refractivity contribution is 0.263. The fraction of sp³-hybridized carbons (Fsp3) is 0.643. The highest BCUT2D eigenvalue weighted by atomic mass is 14.9. The van der Waals surface area contributed by atoms with E-state index in [0.717, 1.165) is 6.42 Å². The summed E-state index contributed by atoms with van der Waals surface area (Å²) >= 11 is 0. The minimum atomic E-state index is 0.312. The third-order valence-corrected chi connectivity index (χ3v) is 3.20. The highest BCUT2D eigenvalue weighted by Gasteiger charge is 2.21. The van der Waals surface area contributed by atoms with Gasteiger partial charge in [-0.15, -0.1) is 0 Å². The van der Waals surface area contributed by atoms with Crippen molar-refractivity contribution in [1.82, 2.24) is 10.3 Å². The van der Waals surface area contributed by atoms with Crippen molar-refractivity contribution in [2.45, 2.75) is 46.1 Å².